The molecule has 2 aromatic rings. The molecule has 0 bridgehead atoms. The summed E-state index contributed by atoms with van der Waals surface area (Å²) in [4.78, 5) is 7.05. The Hall–Kier alpha value is -1.46. The van der Waals surface area contributed by atoms with Gasteiger partial charge in [-0.15, -0.1) is 0 Å². The van der Waals surface area contributed by atoms with E-state index in [9.17, 15) is 0 Å². The summed E-state index contributed by atoms with van der Waals surface area (Å²) in [6.07, 6.45) is 6.08. The van der Waals surface area contributed by atoms with E-state index in [1.165, 1.54) is 18.4 Å². The van der Waals surface area contributed by atoms with Crippen molar-refractivity contribution in [2.45, 2.75) is 25.4 Å². The van der Waals surface area contributed by atoms with Crippen LogP contribution in [0.15, 0.2) is 35.3 Å². The normalized spacial score (nSPS) is 14.3. The van der Waals surface area contributed by atoms with Crippen molar-refractivity contribution in [2.75, 3.05) is 4.90 Å². The SMILES string of the molecule is NC(=S)c1ccncc1N(Cc1ccsc1)C1CC1. The molecule has 5 heteroatoms. The first-order chi connectivity index (χ1) is 9.25. The Labute approximate surface area is 122 Å². The molecule has 0 aliphatic heterocycles. The molecule has 0 unspecified atom stereocenters. The average molecular weight is 289 g/mol. The lowest BCUT2D eigenvalue weighted by Gasteiger charge is -2.26. The second-order valence-electron chi connectivity index (χ2n) is 4.75. The number of thiocarbonyl (C=S) groups is 1. The Balaban J connectivity index is 1.94. The fourth-order valence-electron chi connectivity index (χ4n) is 2.20. The van der Waals surface area contributed by atoms with Crippen LogP contribution in [-0.4, -0.2) is 16.0 Å². The fraction of sp³-hybridized carbons (Fsp3) is 0.286. The quantitative estimate of drug-likeness (QED) is 0.859. The number of nitrogens with zero attached hydrogens (tertiary/aromatic N) is 2. The van der Waals surface area contributed by atoms with Crippen molar-refractivity contribution in [2.24, 2.45) is 5.73 Å². The minimum atomic E-state index is 0.438. The van der Waals surface area contributed by atoms with Gasteiger partial charge in [-0.3, -0.25) is 4.98 Å². The summed E-state index contributed by atoms with van der Waals surface area (Å²) < 4.78 is 0. The van der Waals surface area contributed by atoms with Gasteiger partial charge in [0.05, 0.1) is 11.9 Å². The van der Waals surface area contributed by atoms with Gasteiger partial charge in [0, 0.05) is 24.3 Å². The summed E-state index contributed by atoms with van der Waals surface area (Å²) in [7, 11) is 0. The summed E-state index contributed by atoms with van der Waals surface area (Å²) >= 11 is 6.88. The molecule has 2 N–H and O–H groups in total. The lowest BCUT2D eigenvalue weighted by Crippen LogP contribution is -2.27. The highest BCUT2D eigenvalue weighted by molar-refractivity contribution is 7.80. The van der Waals surface area contributed by atoms with Gasteiger partial charge in [0.1, 0.15) is 4.99 Å². The van der Waals surface area contributed by atoms with E-state index in [0.29, 0.717) is 11.0 Å². The molecule has 1 aliphatic rings. The van der Waals surface area contributed by atoms with Crippen LogP contribution in [0.3, 0.4) is 0 Å². The third-order valence-electron chi connectivity index (χ3n) is 3.30. The summed E-state index contributed by atoms with van der Waals surface area (Å²) in [5, 5.41) is 4.30. The van der Waals surface area contributed by atoms with E-state index in [1.807, 2.05) is 12.3 Å². The van der Waals surface area contributed by atoms with Crippen molar-refractivity contribution in [1.82, 2.24) is 4.98 Å². The summed E-state index contributed by atoms with van der Waals surface area (Å²) in [6.45, 7) is 0.898. The molecule has 0 amide bonds. The highest BCUT2D eigenvalue weighted by Gasteiger charge is 2.31. The largest absolute Gasteiger partial charge is 0.389 e. The van der Waals surface area contributed by atoms with Gasteiger partial charge in [0.25, 0.3) is 0 Å². The van der Waals surface area contributed by atoms with Crippen LogP contribution in [0.1, 0.15) is 24.0 Å². The number of hydrogen-bond donors (Lipinski definition) is 1. The molecular formula is C14H15N3S2. The Bertz CT molecular complexity index is 576. The number of anilines is 1. The lowest BCUT2D eigenvalue weighted by molar-refractivity contribution is 0.793. The molecule has 1 fully saturated rings. The van der Waals surface area contributed by atoms with Gasteiger partial charge in [-0.05, 0) is 41.3 Å². The number of rotatable bonds is 5. The fourth-order valence-corrected chi connectivity index (χ4v) is 3.03. The van der Waals surface area contributed by atoms with Crippen LogP contribution in [-0.2, 0) is 6.54 Å². The molecule has 3 rings (SSSR count). The zero-order valence-corrected chi connectivity index (χ0v) is 12.1. The predicted molar refractivity (Wildman–Crippen MR) is 83.6 cm³/mol. The van der Waals surface area contributed by atoms with E-state index >= 15 is 0 Å². The van der Waals surface area contributed by atoms with E-state index in [4.69, 9.17) is 18.0 Å². The highest BCUT2D eigenvalue weighted by Crippen LogP contribution is 2.34. The van der Waals surface area contributed by atoms with E-state index < -0.39 is 0 Å². The molecule has 0 saturated heterocycles. The standard InChI is InChI=1S/C14H15N3S2/c15-14(18)12-3-5-16-7-13(12)17(11-1-2-11)8-10-4-6-19-9-10/h3-7,9,11H,1-2,8H2,(H2,15,18). The molecule has 3 nitrogen and oxygen atoms in total. The van der Waals surface area contributed by atoms with Gasteiger partial charge in [-0.2, -0.15) is 11.3 Å². The molecular weight excluding hydrogens is 274 g/mol. The third-order valence-corrected chi connectivity index (χ3v) is 4.25. The summed E-state index contributed by atoms with van der Waals surface area (Å²) in [5.41, 5.74) is 9.14. The van der Waals surface area contributed by atoms with E-state index in [2.05, 4.69) is 26.7 Å². The number of aromatic nitrogens is 1. The van der Waals surface area contributed by atoms with Crippen LogP contribution in [0.5, 0.6) is 0 Å². The van der Waals surface area contributed by atoms with Crippen molar-refractivity contribution in [3.05, 3.63) is 46.4 Å². The maximum Gasteiger partial charge on any atom is 0.106 e. The molecule has 2 aromatic heterocycles. The first-order valence-corrected chi connectivity index (χ1v) is 7.62. The minimum Gasteiger partial charge on any atom is -0.389 e. The van der Waals surface area contributed by atoms with Gasteiger partial charge < -0.3 is 10.6 Å². The van der Waals surface area contributed by atoms with Crippen molar-refractivity contribution in [3.8, 4) is 0 Å². The number of nitrogens with two attached hydrogens (primary N) is 1. The van der Waals surface area contributed by atoms with Crippen molar-refractivity contribution < 1.29 is 0 Å². The van der Waals surface area contributed by atoms with E-state index in [-0.39, 0.29) is 0 Å². The molecule has 98 valence electrons. The van der Waals surface area contributed by atoms with E-state index in [1.54, 1.807) is 17.5 Å². The van der Waals surface area contributed by atoms with Crippen molar-refractivity contribution in [1.29, 1.82) is 0 Å². The first-order valence-electron chi connectivity index (χ1n) is 6.27. The van der Waals surface area contributed by atoms with Crippen LogP contribution in [0.2, 0.25) is 0 Å². The molecule has 19 heavy (non-hydrogen) atoms. The Morgan fingerprint density at radius 1 is 1.47 bits per heavy atom. The van der Waals surface area contributed by atoms with Crippen LogP contribution in [0.25, 0.3) is 0 Å². The topological polar surface area (TPSA) is 42.1 Å². The number of hydrogen-bond acceptors (Lipinski definition) is 4. The zero-order chi connectivity index (χ0) is 13.2. The monoisotopic (exact) mass is 289 g/mol. The molecule has 1 saturated carbocycles. The molecule has 2 heterocycles. The zero-order valence-electron chi connectivity index (χ0n) is 10.5. The van der Waals surface area contributed by atoms with Crippen LogP contribution < -0.4 is 10.6 Å². The van der Waals surface area contributed by atoms with Crippen LogP contribution in [0, 0.1) is 0 Å². The van der Waals surface area contributed by atoms with Gasteiger partial charge >= 0.3 is 0 Å². The number of thiophene rings is 1. The van der Waals surface area contributed by atoms with Crippen molar-refractivity contribution >= 4 is 34.2 Å². The molecule has 0 atom stereocenters. The Kier molecular flexibility index (Phi) is 3.48. The molecule has 0 aromatic carbocycles. The predicted octanol–water partition coefficient (Wildman–Crippen LogP) is 2.95. The number of pyridine rings is 1. The lowest BCUT2D eigenvalue weighted by atomic mass is 10.2. The van der Waals surface area contributed by atoms with Gasteiger partial charge in [-0.25, -0.2) is 0 Å². The molecule has 0 spiro atoms. The molecule has 1 aliphatic carbocycles. The maximum absolute atomic E-state index is 5.83. The smallest absolute Gasteiger partial charge is 0.106 e. The Morgan fingerprint density at radius 2 is 2.32 bits per heavy atom. The van der Waals surface area contributed by atoms with Gasteiger partial charge in [-0.1, -0.05) is 12.2 Å². The van der Waals surface area contributed by atoms with E-state index in [0.717, 1.165) is 17.8 Å². The average Bonchev–Trinajstić information content (AvgIpc) is 3.13. The first kappa shape index (κ1) is 12.6. The van der Waals surface area contributed by atoms with Crippen molar-refractivity contribution in [3.63, 3.8) is 0 Å². The second kappa shape index (κ2) is 5.27. The van der Waals surface area contributed by atoms with Crippen LogP contribution in [0.4, 0.5) is 5.69 Å². The third kappa shape index (κ3) is 2.77. The molecule has 0 radical (unpaired) electrons. The van der Waals surface area contributed by atoms with Crippen LogP contribution >= 0.6 is 23.6 Å². The summed E-state index contributed by atoms with van der Waals surface area (Å²) in [5.74, 6) is 0. The Morgan fingerprint density at radius 3 is 2.95 bits per heavy atom. The second-order valence-corrected chi connectivity index (χ2v) is 5.97. The summed E-state index contributed by atoms with van der Waals surface area (Å²) in [6, 6.07) is 4.66. The van der Waals surface area contributed by atoms with Gasteiger partial charge in [0.15, 0.2) is 0 Å². The maximum atomic E-state index is 5.83. The highest BCUT2D eigenvalue weighted by atomic mass is 32.1. The van der Waals surface area contributed by atoms with Gasteiger partial charge in [0.2, 0.25) is 0 Å². The minimum absolute atomic E-state index is 0.438.